The van der Waals surface area contributed by atoms with Crippen LogP contribution in [0.15, 0.2) is 36.5 Å². The molecular formula is C19H27N3O. The molecule has 0 saturated carbocycles. The number of nitrogens with zero attached hydrogens (tertiary/aromatic N) is 1. The van der Waals surface area contributed by atoms with Crippen molar-refractivity contribution in [3.8, 4) is 0 Å². The second kappa shape index (κ2) is 7.86. The predicted octanol–water partition coefficient (Wildman–Crippen LogP) is 3.75. The van der Waals surface area contributed by atoms with E-state index in [-0.39, 0.29) is 12.1 Å². The molecule has 0 fully saturated rings. The SMILES string of the molecule is CC[C@@H](C)NC(=O)NCc1cccn1Cc1cc(C)ccc1C. The molecule has 2 amide bonds. The summed E-state index contributed by atoms with van der Waals surface area (Å²) in [5.74, 6) is 0. The van der Waals surface area contributed by atoms with Gasteiger partial charge < -0.3 is 15.2 Å². The van der Waals surface area contributed by atoms with Gasteiger partial charge in [-0.15, -0.1) is 0 Å². The number of rotatable bonds is 6. The molecule has 0 aliphatic heterocycles. The van der Waals surface area contributed by atoms with Crippen LogP contribution in [0.4, 0.5) is 4.79 Å². The maximum atomic E-state index is 11.8. The Morgan fingerprint density at radius 3 is 2.78 bits per heavy atom. The summed E-state index contributed by atoms with van der Waals surface area (Å²) in [4.78, 5) is 11.8. The smallest absolute Gasteiger partial charge is 0.315 e. The van der Waals surface area contributed by atoms with Gasteiger partial charge in [0.1, 0.15) is 0 Å². The van der Waals surface area contributed by atoms with E-state index in [1.165, 1.54) is 16.7 Å². The number of aromatic nitrogens is 1. The summed E-state index contributed by atoms with van der Waals surface area (Å²) in [5.41, 5.74) is 4.97. The fourth-order valence-corrected chi connectivity index (χ4v) is 2.47. The van der Waals surface area contributed by atoms with Crippen molar-refractivity contribution in [2.45, 2.75) is 53.2 Å². The average Bonchev–Trinajstić information content (AvgIpc) is 2.96. The van der Waals surface area contributed by atoms with E-state index in [2.05, 4.69) is 66.4 Å². The molecule has 1 heterocycles. The number of urea groups is 1. The van der Waals surface area contributed by atoms with Gasteiger partial charge in [0.25, 0.3) is 0 Å². The molecule has 4 nitrogen and oxygen atoms in total. The van der Waals surface area contributed by atoms with Crippen molar-refractivity contribution < 1.29 is 4.79 Å². The average molecular weight is 313 g/mol. The fourth-order valence-electron chi connectivity index (χ4n) is 2.47. The van der Waals surface area contributed by atoms with E-state index < -0.39 is 0 Å². The van der Waals surface area contributed by atoms with E-state index >= 15 is 0 Å². The molecule has 0 spiro atoms. The third kappa shape index (κ3) is 4.88. The molecular weight excluding hydrogens is 286 g/mol. The zero-order valence-corrected chi connectivity index (χ0v) is 14.5. The standard InChI is InChI=1S/C19H27N3O/c1-5-16(4)21-19(23)20-12-18-7-6-10-22(18)13-17-11-14(2)8-9-15(17)3/h6-11,16H,5,12-13H2,1-4H3,(H2,20,21,23)/t16-/m1/s1. The Hall–Kier alpha value is -2.23. The van der Waals surface area contributed by atoms with Gasteiger partial charge in [0.2, 0.25) is 0 Å². The van der Waals surface area contributed by atoms with Crippen LogP contribution in [0, 0.1) is 13.8 Å². The predicted molar refractivity (Wildman–Crippen MR) is 94.6 cm³/mol. The second-order valence-electron chi connectivity index (χ2n) is 6.19. The van der Waals surface area contributed by atoms with Gasteiger partial charge in [-0.1, -0.05) is 30.7 Å². The maximum absolute atomic E-state index is 11.8. The van der Waals surface area contributed by atoms with Crippen LogP contribution in [0.1, 0.15) is 42.7 Å². The van der Waals surface area contributed by atoms with Crippen molar-refractivity contribution in [1.29, 1.82) is 0 Å². The molecule has 4 heteroatoms. The molecule has 0 aliphatic rings. The second-order valence-corrected chi connectivity index (χ2v) is 6.19. The van der Waals surface area contributed by atoms with Crippen LogP contribution >= 0.6 is 0 Å². The maximum Gasteiger partial charge on any atom is 0.315 e. The zero-order chi connectivity index (χ0) is 16.8. The quantitative estimate of drug-likeness (QED) is 0.838. The summed E-state index contributed by atoms with van der Waals surface area (Å²) in [6.07, 6.45) is 2.99. The first-order chi connectivity index (χ1) is 11.0. The molecule has 1 aromatic carbocycles. The number of carbonyl (C=O) groups is 1. The molecule has 1 aromatic heterocycles. The molecule has 124 valence electrons. The Morgan fingerprint density at radius 1 is 1.26 bits per heavy atom. The van der Waals surface area contributed by atoms with Crippen molar-refractivity contribution in [3.05, 3.63) is 58.9 Å². The lowest BCUT2D eigenvalue weighted by molar-refractivity contribution is 0.237. The van der Waals surface area contributed by atoms with Crippen molar-refractivity contribution in [2.24, 2.45) is 0 Å². The minimum atomic E-state index is -0.112. The minimum absolute atomic E-state index is 0.112. The molecule has 1 atom stereocenters. The number of amides is 2. The van der Waals surface area contributed by atoms with Crippen LogP contribution in [-0.4, -0.2) is 16.6 Å². The number of carbonyl (C=O) groups excluding carboxylic acids is 1. The Bertz CT molecular complexity index is 660. The van der Waals surface area contributed by atoms with Gasteiger partial charge in [0.15, 0.2) is 0 Å². The lowest BCUT2D eigenvalue weighted by Gasteiger charge is -2.15. The molecule has 2 N–H and O–H groups in total. The van der Waals surface area contributed by atoms with Crippen molar-refractivity contribution in [3.63, 3.8) is 0 Å². The van der Waals surface area contributed by atoms with Gasteiger partial charge in [-0.25, -0.2) is 4.79 Å². The highest BCUT2D eigenvalue weighted by Gasteiger charge is 2.08. The first-order valence-corrected chi connectivity index (χ1v) is 8.24. The van der Waals surface area contributed by atoms with Crippen LogP contribution < -0.4 is 10.6 Å². The van der Waals surface area contributed by atoms with E-state index in [1.807, 2.05) is 13.0 Å². The van der Waals surface area contributed by atoms with Crippen LogP contribution in [0.3, 0.4) is 0 Å². The molecule has 0 saturated heterocycles. The van der Waals surface area contributed by atoms with Crippen LogP contribution in [-0.2, 0) is 13.1 Å². The van der Waals surface area contributed by atoms with Gasteiger partial charge in [-0.2, -0.15) is 0 Å². The number of hydrogen-bond donors (Lipinski definition) is 2. The molecule has 0 aliphatic carbocycles. The molecule has 2 rings (SSSR count). The highest BCUT2D eigenvalue weighted by molar-refractivity contribution is 5.74. The van der Waals surface area contributed by atoms with Crippen molar-refractivity contribution in [1.82, 2.24) is 15.2 Å². The summed E-state index contributed by atoms with van der Waals surface area (Å²) in [6.45, 7) is 9.66. The third-order valence-corrected chi connectivity index (χ3v) is 4.19. The van der Waals surface area contributed by atoms with Gasteiger partial charge in [0, 0.05) is 24.5 Å². The van der Waals surface area contributed by atoms with Crippen LogP contribution in [0.25, 0.3) is 0 Å². The van der Waals surface area contributed by atoms with E-state index in [9.17, 15) is 4.79 Å². The first kappa shape index (κ1) is 17.1. The van der Waals surface area contributed by atoms with E-state index in [4.69, 9.17) is 0 Å². The third-order valence-electron chi connectivity index (χ3n) is 4.19. The zero-order valence-electron chi connectivity index (χ0n) is 14.5. The molecule has 0 unspecified atom stereocenters. The van der Waals surface area contributed by atoms with Crippen LogP contribution in [0.2, 0.25) is 0 Å². The van der Waals surface area contributed by atoms with Gasteiger partial charge in [-0.3, -0.25) is 0 Å². The van der Waals surface area contributed by atoms with Crippen LogP contribution in [0.5, 0.6) is 0 Å². The Morgan fingerprint density at radius 2 is 2.04 bits per heavy atom. The number of aryl methyl sites for hydroxylation is 2. The van der Waals surface area contributed by atoms with E-state index in [1.54, 1.807) is 0 Å². The number of benzene rings is 1. The first-order valence-electron chi connectivity index (χ1n) is 8.24. The summed E-state index contributed by atoms with van der Waals surface area (Å²) >= 11 is 0. The highest BCUT2D eigenvalue weighted by atomic mass is 16.2. The van der Waals surface area contributed by atoms with Crippen molar-refractivity contribution >= 4 is 6.03 Å². The topological polar surface area (TPSA) is 46.1 Å². The Balaban J connectivity index is 1.99. The van der Waals surface area contributed by atoms with E-state index in [0.29, 0.717) is 6.54 Å². The lowest BCUT2D eigenvalue weighted by atomic mass is 10.1. The summed E-state index contributed by atoms with van der Waals surface area (Å²) in [7, 11) is 0. The normalized spacial score (nSPS) is 12.0. The van der Waals surface area contributed by atoms with Gasteiger partial charge >= 0.3 is 6.03 Å². The van der Waals surface area contributed by atoms with Crippen molar-refractivity contribution in [2.75, 3.05) is 0 Å². The monoisotopic (exact) mass is 313 g/mol. The molecule has 23 heavy (non-hydrogen) atoms. The highest BCUT2D eigenvalue weighted by Crippen LogP contribution is 2.14. The minimum Gasteiger partial charge on any atom is -0.345 e. The summed E-state index contributed by atoms with van der Waals surface area (Å²) < 4.78 is 2.19. The fraction of sp³-hybridized carbons (Fsp3) is 0.421. The lowest BCUT2D eigenvalue weighted by Crippen LogP contribution is -2.40. The van der Waals surface area contributed by atoms with E-state index in [0.717, 1.165) is 18.7 Å². The number of hydrogen-bond acceptors (Lipinski definition) is 1. The molecule has 0 radical (unpaired) electrons. The Kier molecular flexibility index (Phi) is 5.85. The molecule has 0 bridgehead atoms. The number of nitrogens with one attached hydrogen (secondary N) is 2. The van der Waals surface area contributed by atoms with Gasteiger partial charge in [0.05, 0.1) is 6.54 Å². The molecule has 2 aromatic rings. The summed E-state index contributed by atoms with van der Waals surface area (Å²) in [5, 5.41) is 5.85. The van der Waals surface area contributed by atoms with Gasteiger partial charge in [-0.05, 0) is 50.5 Å². The summed E-state index contributed by atoms with van der Waals surface area (Å²) in [6, 6.07) is 10.7. The largest absolute Gasteiger partial charge is 0.345 e. The Labute approximate surface area is 138 Å².